The number of aliphatic carboxylic acids is 1. The summed E-state index contributed by atoms with van der Waals surface area (Å²) < 4.78 is 0. The third-order valence-corrected chi connectivity index (χ3v) is 2.23. The van der Waals surface area contributed by atoms with Gasteiger partial charge in [0.15, 0.2) is 11.5 Å². The minimum Gasteiger partial charge on any atom is -0.504 e. The van der Waals surface area contributed by atoms with E-state index in [1.54, 1.807) is 0 Å². The van der Waals surface area contributed by atoms with Crippen molar-refractivity contribution < 1.29 is 25.2 Å². The molecule has 5 N–H and O–H groups in total. The Bertz CT molecular complexity index is 393. The Labute approximate surface area is 91.8 Å². The van der Waals surface area contributed by atoms with E-state index in [9.17, 15) is 15.0 Å². The Morgan fingerprint density at radius 2 is 1.94 bits per heavy atom. The van der Waals surface area contributed by atoms with E-state index in [1.165, 1.54) is 19.2 Å². The van der Waals surface area contributed by atoms with E-state index < -0.39 is 23.9 Å². The third-order valence-electron chi connectivity index (χ3n) is 2.23. The Morgan fingerprint density at radius 3 is 2.38 bits per heavy atom. The highest BCUT2D eigenvalue weighted by molar-refractivity contribution is 5.74. The number of carbonyl (C=O) groups is 1. The van der Waals surface area contributed by atoms with E-state index in [0.29, 0.717) is 0 Å². The fourth-order valence-corrected chi connectivity index (χ4v) is 1.33. The average molecular weight is 227 g/mol. The van der Waals surface area contributed by atoms with E-state index in [2.05, 4.69) is 5.32 Å². The van der Waals surface area contributed by atoms with Gasteiger partial charge in [-0.2, -0.15) is 0 Å². The maximum absolute atomic E-state index is 10.8. The molecule has 0 unspecified atom stereocenters. The first-order valence-electron chi connectivity index (χ1n) is 4.57. The number of phenolic OH excluding ortho intramolecular Hbond substituents is 2. The Hall–Kier alpha value is -1.79. The molecule has 0 aliphatic rings. The molecule has 0 aliphatic carbocycles. The van der Waals surface area contributed by atoms with Crippen LogP contribution >= 0.6 is 0 Å². The quantitative estimate of drug-likeness (QED) is 0.456. The molecule has 0 radical (unpaired) electrons. The van der Waals surface area contributed by atoms with Crippen molar-refractivity contribution in [3.05, 3.63) is 23.8 Å². The van der Waals surface area contributed by atoms with Crippen molar-refractivity contribution in [3.8, 4) is 11.5 Å². The Morgan fingerprint density at radius 1 is 1.31 bits per heavy atom. The lowest BCUT2D eigenvalue weighted by molar-refractivity contribution is -0.142. The first-order chi connectivity index (χ1) is 7.47. The summed E-state index contributed by atoms with van der Waals surface area (Å²) in [4.78, 5) is 10.8. The molecule has 0 amide bonds. The molecule has 0 aliphatic heterocycles. The summed E-state index contributed by atoms with van der Waals surface area (Å²) >= 11 is 0. The number of carboxylic acid groups (broad SMARTS) is 1. The average Bonchev–Trinajstić information content (AvgIpc) is 2.22. The minimum absolute atomic E-state index is 0.206. The van der Waals surface area contributed by atoms with Crippen molar-refractivity contribution >= 4 is 5.97 Å². The van der Waals surface area contributed by atoms with Crippen LogP contribution in [-0.2, 0) is 4.79 Å². The summed E-state index contributed by atoms with van der Waals surface area (Å²) in [5.41, 5.74) is 0.206. The van der Waals surface area contributed by atoms with Gasteiger partial charge in [-0.1, -0.05) is 6.07 Å². The molecule has 0 bridgehead atoms. The SMILES string of the molecule is CN[C@H](C(=O)O)[C@H](O)c1ccc(O)c(O)c1. The number of likely N-dealkylation sites (N-methyl/N-ethyl adjacent to an activating group) is 1. The molecule has 16 heavy (non-hydrogen) atoms. The molecule has 6 heteroatoms. The van der Waals surface area contributed by atoms with E-state index in [-0.39, 0.29) is 11.3 Å². The van der Waals surface area contributed by atoms with Gasteiger partial charge in [-0.3, -0.25) is 4.79 Å². The van der Waals surface area contributed by atoms with Crippen LogP contribution in [0.1, 0.15) is 11.7 Å². The first kappa shape index (κ1) is 12.3. The van der Waals surface area contributed by atoms with Crippen LogP contribution in [0.15, 0.2) is 18.2 Å². The maximum atomic E-state index is 10.8. The molecular formula is C10H13NO5. The molecule has 0 fully saturated rings. The highest BCUT2D eigenvalue weighted by atomic mass is 16.4. The zero-order valence-corrected chi connectivity index (χ0v) is 8.58. The first-order valence-corrected chi connectivity index (χ1v) is 4.57. The van der Waals surface area contributed by atoms with Crippen molar-refractivity contribution in [3.63, 3.8) is 0 Å². The van der Waals surface area contributed by atoms with Crippen LogP contribution in [0.25, 0.3) is 0 Å². The molecule has 2 atom stereocenters. The van der Waals surface area contributed by atoms with E-state index in [4.69, 9.17) is 10.2 Å². The lowest BCUT2D eigenvalue weighted by Crippen LogP contribution is -2.39. The number of aliphatic hydroxyl groups excluding tert-OH is 1. The van der Waals surface area contributed by atoms with Gasteiger partial charge in [0.05, 0.1) is 0 Å². The molecule has 88 valence electrons. The van der Waals surface area contributed by atoms with E-state index >= 15 is 0 Å². The number of aliphatic hydroxyl groups is 1. The largest absolute Gasteiger partial charge is 0.504 e. The fourth-order valence-electron chi connectivity index (χ4n) is 1.33. The van der Waals surface area contributed by atoms with Crippen molar-refractivity contribution in [2.24, 2.45) is 0 Å². The number of rotatable bonds is 4. The van der Waals surface area contributed by atoms with Crippen molar-refractivity contribution in [2.45, 2.75) is 12.1 Å². The lowest BCUT2D eigenvalue weighted by Gasteiger charge is -2.18. The summed E-state index contributed by atoms with van der Waals surface area (Å²) in [7, 11) is 1.41. The summed E-state index contributed by atoms with van der Waals surface area (Å²) in [6.07, 6.45) is -1.31. The van der Waals surface area contributed by atoms with E-state index in [0.717, 1.165) is 6.07 Å². The van der Waals surface area contributed by atoms with Gasteiger partial charge in [-0.15, -0.1) is 0 Å². The molecular weight excluding hydrogens is 214 g/mol. The number of hydrogen-bond donors (Lipinski definition) is 5. The van der Waals surface area contributed by atoms with Gasteiger partial charge in [0.1, 0.15) is 12.1 Å². The van der Waals surface area contributed by atoms with Crippen LogP contribution in [0.5, 0.6) is 11.5 Å². The predicted octanol–water partition coefficient (Wildman–Crippen LogP) is -0.196. The van der Waals surface area contributed by atoms with Crippen LogP contribution in [-0.4, -0.2) is 39.5 Å². The van der Waals surface area contributed by atoms with Gasteiger partial charge in [0, 0.05) is 0 Å². The molecule has 1 rings (SSSR count). The monoisotopic (exact) mass is 227 g/mol. The molecule has 1 aromatic carbocycles. The molecule has 0 aromatic heterocycles. The normalized spacial score (nSPS) is 14.4. The van der Waals surface area contributed by atoms with Crippen molar-refractivity contribution in [1.82, 2.24) is 5.32 Å². The molecule has 6 nitrogen and oxygen atoms in total. The second-order valence-electron chi connectivity index (χ2n) is 3.30. The highest BCUT2D eigenvalue weighted by Gasteiger charge is 2.26. The Kier molecular flexibility index (Phi) is 3.70. The van der Waals surface area contributed by atoms with Crippen LogP contribution in [0.4, 0.5) is 0 Å². The van der Waals surface area contributed by atoms with Gasteiger partial charge in [0.25, 0.3) is 0 Å². The topological polar surface area (TPSA) is 110 Å². The third kappa shape index (κ3) is 2.41. The van der Waals surface area contributed by atoms with Crippen LogP contribution in [0.2, 0.25) is 0 Å². The highest BCUT2D eigenvalue weighted by Crippen LogP contribution is 2.28. The number of aromatic hydroxyl groups is 2. The van der Waals surface area contributed by atoms with Gasteiger partial charge < -0.3 is 25.7 Å². The predicted molar refractivity (Wildman–Crippen MR) is 55.2 cm³/mol. The van der Waals surface area contributed by atoms with Gasteiger partial charge in [-0.25, -0.2) is 0 Å². The number of hydrogen-bond acceptors (Lipinski definition) is 5. The summed E-state index contributed by atoms with van der Waals surface area (Å²) in [6, 6.07) is 2.46. The maximum Gasteiger partial charge on any atom is 0.323 e. The van der Waals surface area contributed by atoms with Crippen molar-refractivity contribution in [2.75, 3.05) is 7.05 Å². The van der Waals surface area contributed by atoms with Crippen LogP contribution < -0.4 is 5.32 Å². The van der Waals surface area contributed by atoms with Crippen molar-refractivity contribution in [1.29, 1.82) is 0 Å². The molecule has 0 heterocycles. The summed E-state index contributed by atoms with van der Waals surface area (Å²) in [5, 5.41) is 39.2. The molecule has 0 spiro atoms. The second kappa shape index (κ2) is 4.82. The minimum atomic E-state index is -1.31. The zero-order chi connectivity index (χ0) is 12.3. The van der Waals surface area contributed by atoms with E-state index in [1.807, 2.05) is 0 Å². The van der Waals surface area contributed by atoms with Crippen LogP contribution in [0, 0.1) is 0 Å². The number of phenols is 2. The number of benzene rings is 1. The smallest absolute Gasteiger partial charge is 0.323 e. The summed E-state index contributed by atoms with van der Waals surface area (Å²) in [6.45, 7) is 0. The zero-order valence-electron chi connectivity index (χ0n) is 8.58. The van der Waals surface area contributed by atoms with Crippen LogP contribution in [0.3, 0.4) is 0 Å². The van der Waals surface area contributed by atoms with Gasteiger partial charge in [0.2, 0.25) is 0 Å². The van der Waals surface area contributed by atoms with Gasteiger partial charge >= 0.3 is 5.97 Å². The molecule has 1 aromatic rings. The van der Waals surface area contributed by atoms with Gasteiger partial charge in [-0.05, 0) is 24.7 Å². The summed E-state index contributed by atoms with van der Waals surface area (Å²) in [5.74, 6) is -1.94. The number of nitrogens with one attached hydrogen (secondary N) is 1. The second-order valence-corrected chi connectivity index (χ2v) is 3.30. The molecule has 0 saturated carbocycles. The lowest BCUT2D eigenvalue weighted by atomic mass is 10.0. The number of carboxylic acids is 1. The fraction of sp³-hybridized carbons (Fsp3) is 0.300. The Balaban J connectivity index is 2.99. The standard InChI is InChI=1S/C10H13NO5/c1-11-8(10(15)16)9(14)5-2-3-6(12)7(13)4-5/h2-4,8-9,11-14H,1H3,(H,15,16)/t8-,9+/m0/s1. The molecule has 0 saturated heterocycles.